The molecule has 3 saturated heterocycles. The van der Waals surface area contributed by atoms with Gasteiger partial charge in [0.15, 0.2) is 0 Å². The number of aliphatic hydroxyl groups is 1. The smallest absolute Gasteiger partial charge is 0.119 e. The molecule has 2 bridgehead atoms. The summed E-state index contributed by atoms with van der Waals surface area (Å²) < 4.78 is 5.34. The van der Waals surface area contributed by atoms with Crippen LogP contribution in [-0.4, -0.2) is 41.2 Å². The monoisotopic (exact) mass is 338 g/mol. The van der Waals surface area contributed by atoms with Crippen LogP contribution in [0.1, 0.15) is 30.9 Å². The summed E-state index contributed by atoms with van der Waals surface area (Å²) in [5, 5.41) is 12.0. The van der Waals surface area contributed by atoms with E-state index in [1.165, 1.54) is 12.8 Å². The van der Waals surface area contributed by atoms with Gasteiger partial charge in [0, 0.05) is 24.2 Å². The van der Waals surface area contributed by atoms with Gasteiger partial charge in [-0.05, 0) is 67.5 Å². The highest BCUT2D eigenvalue weighted by Gasteiger charge is 2.39. The molecule has 4 unspecified atom stereocenters. The van der Waals surface area contributed by atoms with E-state index >= 15 is 0 Å². The maximum absolute atomic E-state index is 11.0. The molecule has 132 valence electrons. The molecule has 0 spiro atoms. The molecular weight excluding hydrogens is 312 g/mol. The van der Waals surface area contributed by atoms with Crippen LogP contribution in [0.25, 0.3) is 10.9 Å². The summed E-state index contributed by atoms with van der Waals surface area (Å²) in [5.74, 6) is 2.14. The van der Waals surface area contributed by atoms with Crippen LogP contribution in [0.15, 0.2) is 43.1 Å². The summed E-state index contributed by atoms with van der Waals surface area (Å²) in [7, 11) is 1.66. The van der Waals surface area contributed by atoms with Crippen LogP contribution in [0.4, 0.5) is 0 Å². The van der Waals surface area contributed by atoms with Crippen molar-refractivity contribution in [2.75, 3.05) is 20.2 Å². The summed E-state index contributed by atoms with van der Waals surface area (Å²) in [4.78, 5) is 6.96. The van der Waals surface area contributed by atoms with Crippen molar-refractivity contribution in [3.63, 3.8) is 0 Å². The molecule has 1 aromatic carbocycles. The minimum absolute atomic E-state index is 0.457. The number of hydrogen-bond acceptors (Lipinski definition) is 4. The van der Waals surface area contributed by atoms with Gasteiger partial charge in [-0.3, -0.25) is 9.88 Å². The quantitative estimate of drug-likeness (QED) is 0.847. The molecule has 3 aliphatic rings. The molecule has 0 saturated carbocycles. The second-order valence-electron chi connectivity index (χ2n) is 7.37. The fourth-order valence-electron chi connectivity index (χ4n) is 4.64. The van der Waals surface area contributed by atoms with E-state index in [2.05, 4.69) is 22.5 Å². The van der Waals surface area contributed by atoms with E-state index in [9.17, 15) is 5.11 Å². The zero-order valence-electron chi connectivity index (χ0n) is 14.8. The number of ether oxygens (including phenoxy) is 1. The molecule has 2 aromatic rings. The Morgan fingerprint density at radius 2 is 2.32 bits per heavy atom. The number of hydrogen-bond donors (Lipinski definition) is 1. The van der Waals surface area contributed by atoms with Gasteiger partial charge in [-0.2, -0.15) is 0 Å². The van der Waals surface area contributed by atoms with E-state index in [1.54, 1.807) is 13.3 Å². The van der Waals surface area contributed by atoms with Crippen LogP contribution in [0.2, 0.25) is 0 Å². The molecule has 1 aromatic heterocycles. The standard InChI is InChI=1S/C21H26N2O2/c1-3-14-13-23-9-7-15(14)10-16(23)11-21(24)18-6-8-22-20-5-4-17(25-2)12-19(18)20/h3-6,8,12,14-16,21,24H,1,7,9-11,13H2,2H3/t14?,15?,16?,21-/m1/s1. The number of nitrogens with zero attached hydrogens (tertiary/aromatic N) is 2. The molecule has 0 aliphatic carbocycles. The number of piperidine rings is 3. The molecule has 4 nitrogen and oxygen atoms in total. The molecule has 3 aliphatic heterocycles. The lowest BCUT2D eigenvalue weighted by molar-refractivity contribution is -0.00534. The van der Waals surface area contributed by atoms with Gasteiger partial charge in [0.25, 0.3) is 0 Å². The molecule has 1 N–H and O–H groups in total. The minimum Gasteiger partial charge on any atom is -0.497 e. The normalized spacial score (nSPS) is 29.5. The van der Waals surface area contributed by atoms with Crippen molar-refractivity contribution in [3.05, 3.63) is 48.7 Å². The molecule has 4 heterocycles. The molecule has 0 radical (unpaired) electrons. The Kier molecular flexibility index (Phi) is 4.48. The van der Waals surface area contributed by atoms with Crippen molar-refractivity contribution < 1.29 is 9.84 Å². The number of benzene rings is 1. The Balaban J connectivity index is 1.56. The average molecular weight is 338 g/mol. The third-order valence-corrected chi connectivity index (χ3v) is 6.07. The van der Waals surface area contributed by atoms with Gasteiger partial charge in [-0.15, -0.1) is 6.58 Å². The summed E-state index contributed by atoms with van der Waals surface area (Å²) in [6.45, 7) is 6.24. The molecule has 5 atom stereocenters. The summed E-state index contributed by atoms with van der Waals surface area (Å²) in [5.41, 5.74) is 1.85. The van der Waals surface area contributed by atoms with Gasteiger partial charge in [-0.25, -0.2) is 0 Å². The fraction of sp³-hybridized carbons (Fsp3) is 0.476. The summed E-state index contributed by atoms with van der Waals surface area (Å²) in [6, 6.07) is 8.23. The predicted octanol–water partition coefficient (Wildman–Crippen LogP) is 3.56. The first-order valence-electron chi connectivity index (χ1n) is 9.17. The number of aliphatic hydroxyl groups excluding tert-OH is 1. The molecule has 25 heavy (non-hydrogen) atoms. The van der Waals surface area contributed by atoms with Crippen LogP contribution >= 0.6 is 0 Å². The molecule has 5 rings (SSSR count). The van der Waals surface area contributed by atoms with Crippen LogP contribution in [0.5, 0.6) is 5.75 Å². The number of methoxy groups -OCH3 is 1. The third-order valence-electron chi connectivity index (χ3n) is 6.07. The van der Waals surface area contributed by atoms with E-state index in [-0.39, 0.29) is 0 Å². The number of fused-ring (bicyclic) bond motifs is 4. The van der Waals surface area contributed by atoms with Crippen LogP contribution in [0.3, 0.4) is 0 Å². The summed E-state index contributed by atoms with van der Waals surface area (Å²) >= 11 is 0. The van der Waals surface area contributed by atoms with E-state index in [1.807, 2.05) is 24.3 Å². The summed E-state index contributed by atoms with van der Waals surface area (Å²) in [6.07, 6.45) is 6.62. The Labute approximate surface area is 149 Å². The van der Waals surface area contributed by atoms with E-state index in [0.29, 0.717) is 12.0 Å². The SMILES string of the molecule is C=CC1CN2CCC1CC2C[C@@H](O)c1ccnc2ccc(OC)cc12. The third kappa shape index (κ3) is 3.05. The average Bonchev–Trinajstić information content (AvgIpc) is 2.67. The van der Waals surface area contributed by atoms with Crippen molar-refractivity contribution in [2.45, 2.75) is 31.4 Å². The van der Waals surface area contributed by atoms with Crippen LogP contribution < -0.4 is 4.74 Å². The highest BCUT2D eigenvalue weighted by Crippen LogP contribution is 2.40. The highest BCUT2D eigenvalue weighted by atomic mass is 16.5. The van der Waals surface area contributed by atoms with Crippen molar-refractivity contribution in [2.24, 2.45) is 11.8 Å². The molecule has 0 amide bonds. The van der Waals surface area contributed by atoms with Crippen molar-refractivity contribution in [3.8, 4) is 5.75 Å². The lowest BCUT2D eigenvalue weighted by atomic mass is 9.74. The van der Waals surface area contributed by atoms with Crippen molar-refractivity contribution in [1.29, 1.82) is 0 Å². The highest BCUT2D eigenvalue weighted by molar-refractivity contribution is 5.83. The van der Waals surface area contributed by atoms with Gasteiger partial charge in [0.1, 0.15) is 5.75 Å². The topological polar surface area (TPSA) is 45.6 Å². The van der Waals surface area contributed by atoms with Crippen LogP contribution in [-0.2, 0) is 0 Å². The molecule has 4 heteroatoms. The fourth-order valence-corrected chi connectivity index (χ4v) is 4.64. The first-order valence-corrected chi connectivity index (χ1v) is 9.17. The number of pyridine rings is 1. The van der Waals surface area contributed by atoms with Gasteiger partial charge >= 0.3 is 0 Å². The Morgan fingerprint density at radius 3 is 3.04 bits per heavy atom. The van der Waals surface area contributed by atoms with Gasteiger partial charge in [-0.1, -0.05) is 6.08 Å². The lowest BCUT2D eigenvalue weighted by Crippen LogP contribution is -2.53. The first kappa shape index (κ1) is 16.6. The van der Waals surface area contributed by atoms with Gasteiger partial charge < -0.3 is 9.84 Å². The second-order valence-corrected chi connectivity index (χ2v) is 7.37. The van der Waals surface area contributed by atoms with E-state index < -0.39 is 6.10 Å². The largest absolute Gasteiger partial charge is 0.497 e. The van der Waals surface area contributed by atoms with Crippen molar-refractivity contribution >= 4 is 10.9 Å². The maximum atomic E-state index is 11.0. The zero-order chi connectivity index (χ0) is 17.4. The number of aromatic nitrogens is 1. The minimum atomic E-state index is -0.482. The van der Waals surface area contributed by atoms with Gasteiger partial charge in [0.2, 0.25) is 0 Å². The van der Waals surface area contributed by atoms with E-state index in [4.69, 9.17) is 4.74 Å². The van der Waals surface area contributed by atoms with Gasteiger partial charge in [0.05, 0.1) is 18.7 Å². The Bertz CT molecular complexity index is 776. The predicted molar refractivity (Wildman–Crippen MR) is 99.6 cm³/mol. The van der Waals surface area contributed by atoms with Crippen LogP contribution in [0, 0.1) is 11.8 Å². The molecule has 3 fully saturated rings. The molecular formula is C21H26N2O2. The zero-order valence-corrected chi connectivity index (χ0v) is 14.8. The number of rotatable bonds is 5. The Hall–Kier alpha value is -1.91. The van der Waals surface area contributed by atoms with Crippen molar-refractivity contribution in [1.82, 2.24) is 9.88 Å². The second kappa shape index (κ2) is 6.77. The lowest BCUT2D eigenvalue weighted by Gasteiger charge is -2.49. The Morgan fingerprint density at radius 1 is 1.44 bits per heavy atom. The van der Waals surface area contributed by atoms with E-state index in [0.717, 1.165) is 47.6 Å². The first-order chi connectivity index (χ1) is 12.2. The maximum Gasteiger partial charge on any atom is 0.119 e.